The van der Waals surface area contributed by atoms with Crippen LogP contribution >= 0.6 is 0 Å². The van der Waals surface area contributed by atoms with Crippen LogP contribution in [-0.4, -0.2) is 32.5 Å². The number of aromatic nitrogens is 2. The molecule has 0 amide bonds. The molecule has 1 aliphatic rings. The van der Waals surface area contributed by atoms with Gasteiger partial charge in [0.25, 0.3) is 0 Å². The summed E-state index contributed by atoms with van der Waals surface area (Å²) in [7, 11) is -1.09. The first-order valence-electron chi connectivity index (χ1n) is 6.09. The minimum atomic E-state index is -1.09. The highest BCUT2D eigenvalue weighted by molar-refractivity contribution is 7.84. The summed E-state index contributed by atoms with van der Waals surface area (Å²) in [4.78, 5) is 8.52. The number of aryl methyl sites for hydroxylation is 2. The van der Waals surface area contributed by atoms with E-state index in [1.807, 2.05) is 19.9 Å². The van der Waals surface area contributed by atoms with Gasteiger partial charge in [0.15, 0.2) is 0 Å². The Hall–Kier alpha value is -0.810. The van der Waals surface area contributed by atoms with Crippen LogP contribution in [0.4, 0.5) is 0 Å². The largest absolute Gasteiger partial charge is 0.313 e. The van der Waals surface area contributed by atoms with E-state index in [0.717, 1.165) is 24.4 Å². The highest BCUT2D eigenvalue weighted by Crippen LogP contribution is 2.11. The molecule has 0 unspecified atom stereocenters. The predicted octanol–water partition coefficient (Wildman–Crippen LogP) is 1.34. The topological polar surface area (TPSA) is 54.9 Å². The molecule has 0 saturated carbocycles. The van der Waals surface area contributed by atoms with Gasteiger partial charge in [-0.15, -0.1) is 0 Å². The summed E-state index contributed by atoms with van der Waals surface area (Å²) in [5.74, 6) is 0.628. The molecule has 1 saturated heterocycles. The summed E-state index contributed by atoms with van der Waals surface area (Å²) in [5.41, 5.74) is 1.77. The Balaban J connectivity index is 2.03. The fourth-order valence-electron chi connectivity index (χ4n) is 2.12. The molecule has 0 bridgehead atoms. The number of hydrogen-bond acceptors (Lipinski definition) is 4. The highest BCUT2D eigenvalue weighted by Gasteiger charge is 2.18. The SMILES string of the molecule is Cc1cc(C)nc([S@@](=O)C[C@@H]2CCCCN2)n1. The third-order valence-electron chi connectivity index (χ3n) is 2.93. The second kappa shape index (κ2) is 5.69. The second-order valence-corrected chi connectivity index (χ2v) is 5.98. The van der Waals surface area contributed by atoms with E-state index >= 15 is 0 Å². The number of rotatable bonds is 3. The normalized spacial score (nSPS) is 22.4. The van der Waals surface area contributed by atoms with Crippen molar-refractivity contribution in [3.63, 3.8) is 0 Å². The van der Waals surface area contributed by atoms with Gasteiger partial charge in [0.2, 0.25) is 5.16 Å². The lowest BCUT2D eigenvalue weighted by molar-refractivity contribution is 0.427. The van der Waals surface area contributed by atoms with Crippen LogP contribution in [-0.2, 0) is 10.8 Å². The van der Waals surface area contributed by atoms with E-state index < -0.39 is 10.8 Å². The van der Waals surface area contributed by atoms with Crippen molar-refractivity contribution < 1.29 is 4.21 Å². The summed E-state index contributed by atoms with van der Waals surface area (Å²) in [6.07, 6.45) is 3.56. The number of piperidine rings is 1. The average Bonchev–Trinajstić information content (AvgIpc) is 2.29. The molecule has 5 heteroatoms. The molecule has 2 heterocycles. The van der Waals surface area contributed by atoms with E-state index in [2.05, 4.69) is 15.3 Å². The summed E-state index contributed by atoms with van der Waals surface area (Å²) < 4.78 is 12.2. The van der Waals surface area contributed by atoms with Crippen molar-refractivity contribution in [2.24, 2.45) is 0 Å². The lowest BCUT2D eigenvalue weighted by Gasteiger charge is -2.22. The molecule has 2 atom stereocenters. The molecule has 2 rings (SSSR count). The molecule has 4 nitrogen and oxygen atoms in total. The molecule has 94 valence electrons. The van der Waals surface area contributed by atoms with E-state index in [1.54, 1.807) is 0 Å². The van der Waals surface area contributed by atoms with Gasteiger partial charge in [0.1, 0.15) is 0 Å². The Bertz CT molecular complexity index is 396. The van der Waals surface area contributed by atoms with Gasteiger partial charge in [-0.2, -0.15) is 0 Å². The molecule has 0 spiro atoms. The third-order valence-corrected chi connectivity index (χ3v) is 4.23. The number of nitrogens with zero attached hydrogens (tertiary/aromatic N) is 2. The van der Waals surface area contributed by atoms with Crippen molar-refractivity contribution in [1.29, 1.82) is 0 Å². The van der Waals surface area contributed by atoms with Gasteiger partial charge in [0, 0.05) is 23.2 Å². The van der Waals surface area contributed by atoms with Crippen molar-refractivity contribution >= 4 is 10.8 Å². The zero-order valence-corrected chi connectivity index (χ0v) is 11.2. The zero-order chi connectivity index (χ0) is 12.3. The van der Waals surface area contributed by atoms with Crippen molar-refractivity contribution in [3.05, 3.63) is 17.5 Å². The van der Waals surface area contributed by atoms with Crippen LogP contribution in [0.3, 0.4) is 0 Å². The van der Waals surface area contributed by atoms with Crippen LogP contribution in [0, 0.1) is 13.8 Å². The molecule has 0 aromatic carbocycles. The Kier molecular flexibility index (Phi) is 4.23. The molecular weight excluding hydrogens is 234 g/mol. The van der Waals surface area contributed by atoms with Gasteiger partial charge in [0.05, 0.1) is 10.8 Å². The Morgan fingerprint density at radius 3 is 2.65 bits per heavy atom. The first-order valence-corrected chi connectivity index (χ1v) is 7.41. The quantitative estimate of drug-likeness (QED) is 0.826. The molecule has 1 aromatic rings. The Labute approximate surface area is 105 Å². The first kappa shape index (κ1) is 12.6. The zero-order valence-electron chi connectivity index (χ0n) is 10.4. The van der Waals surface area contributed by atoms with E-state index in [1.165, 1.54) is 12.8 Å². The van der Waals surface area contributed by atoms with Gasteiger partial charge < -0.3 is 5.32 Å². The van der Waals surface area contributed by atoms with Crippen LogP contribution in [0.25, 0.3) is 0 Å². The van der Waals surface area contributed by atoms with Crippen LogP contribution in [0.5, 0.6) is 0 Å². The standard InChI is InChI=1S/C12H19N3OS/c1-9-7-10(2)15-12(14-9)17(16)8-11-5-3-4-6-13-11/h7,11,13H,3-6,8H2,1-2H3/t11-,17-/m0/s1. The minimum Gasteiger partial charge on any atom is -0.313 e. The average molecular weight is 253 g/mol. The molecular formula is C12H19N3OS. The predicted molar refractivity (Wildman–Crippen MR) is 68.4 cm³/mol. The van der Waals surface area contributed by atoms with E-state index in [0.29, 0.717) is 17.0 Å². The fourth-order valence-corrected chi connectivity index (χ4v) is 3.41. The fraction of sp³-hybridized carbons (Fsp3) is 0.667. The highest BCUT2D eigenvalue weighted by atomic mass is 32.2. The summed E-state index contributed by atoms with van der Waals surface area (Å²) in [5, 5.41) is 3.88. The smallest absolute Gasteiger partial charge is 0.218 e. The van der Waals surface area contributed by atoms with Crippen LogP contribution < -0.4 is 5.32 Å². The summed E-state index contributed by atoms with van der Waals surface area (Å²) in [6.45, 7) is 4.86. The van der Waals surface area contributed by atoms with Gasteiger partial charge in [-0.3, -0.25) is 4.21 Å². The molecule has 0 radical (unpaired) electrons. The van der Waals surface area contributed by atoms with Crippen LogP contribution in [0.15, 0.2) is 11.2 Å². The van der Waals surface area contributed by atoms with E-state index in [4.69, 9.17) is 0 Å². The lowest BCUT2D eigenvalue weighted by Crippen LogP contribution is -2.38. The van der Waals surface area contributed by atoms with Crippen molar-refractivity contribution in [2.75, 3.05) is 12.3 Å². The summed E-state index contributed by atoms with van der Waals surface area (Å²) in [6, 6.07) is 2.26. The van der Waals surface area contributed by atoms with E-state index in [9.17, 15) is 4.21 Å². The van der Waals surface area contributed by atoms with Gasteiger partial charge in [-0.25, -0.2) is 9.97 Å². The molecule has 1 aliphatic heterocycles. The molecule has 1 fully saturated rings. The second-order valence-electron chi connectivity index (χ2n) is 4.59. The van der Waals surface area contributed by atoms with Crippen molar-refractivity contribution in [1.82, 2.24) is 15.3 Å². The molecule has 0 aliphatic carbocycles. The van der Waals surface area contributed by atoms with Crippen molar-refractivity contribution in [2.45, 2.75) is 44.3 Å². The van der Waals surface area contributed by atoms with Gasteiger partial charge >= 0.3 is 0 Å². The van der Waals surface area contributed by atoms with Crippen molar-refractivity contribution in [3.8, 4) is 0 Å². The van der Waals surface area contributed by atoms with Crippen LogP contribution in [0.1, 0.15) is 30.7 Å². The maximum atomic E-state index is 12.2. The maximum Gasteiger partial charge on any atom is 0.218 e. The maximum absolute atomic E-state index is 12.2. The molecule has 1 aromatic heterocycles. The summed E-state index contributed by atoms with van der Waals surface area (Å²) >= 11 is 0. The molecule has 1 N–H and O–H groups in total. The van der Waals surface area contributed by atoms with Gasteiger partial charge in [-0.1, -0.05) is 6.42 Å². The monoisotopic (exact) mass is 253 g/mol. The number of nitrogens with one attached hydrogen (secondary N) is 1. The van der Waals surface area contributed by atoms with Gasteiger partial charge in [-0.05, 0) is 39.3 Å². The Morgan fingerprint density at radius 1 is 1.35 bits per heavy atom. The first-order chi connectivity index (χ1) is 8.15. The van der Waals surface area contributed by atoms with E-state index in [-0.39, 0.29) is 0 Å². The van der Waals surface area contributed by atoms with Crippen LogP contribution in [0.2, 0.25) is 0 Å². The molecule has 17 heavy (non-hydrogen) atoms. The minimum absolute atomic E-state index is 0.356. The lowest BCUT2D eigenvalue weighted by atomic mass is 10.1. The third kappa shape index (κ3) is 3.57. The Morgan fingerprint density at radius 2 is 2.06 bits per heavy atom. The number of hydrogen-bond donors (Lipinski definition) is 1.